The second kappa shape index (κ2) is 9.18. The first-order chi connectivity index (χ1) is 13.6. The van der Waals surface area contributed by atoms with Gasteiger partial charge in [-0.2, -0.15) is 0 Å². The number of fused-ring (bicyclic) bond motifs is 1. The summed E-state index contributed by atoms with van der Waals surface area (Å²) in [4.78, 5) is 12.2. The van der Waals surface area contributed by atoms with Crippen LogP contribution in [0.15, 0.2) is 30.3 Å². The van der Waals surface area contributed by atoms with Gasteiger partial charge in [-0.25, -0.2) is 0 Å². The predicted octanol–water partition coefficient (Wildman–Crippen LogP) is 2.56. The van der Waals surface area contributed by atoms with Crippen LogP contribution in [0.3, 0.4) is 0 Å². The fourth-order valence-corrected chi connectivity index (χ4v) is 2.86. The smallest absolute Gasteiger partial charge is 0.231 e. The van der Waals surface area contributed by atoms with Crippen LogP contribution in [0.1, 0.15) is 12.0 Å². The fraction of sp³-hybridized carbons (Fsp3) is 0.350. The lowest BCUT2D eigenvalue weighted by atomic mass is 10.2. The van der Waals surface area contributed by atoms with Crippen molar-refractivity contribution in [1.82, 2.24) is 5.32 Å². The first-order valence-electron chi connectivity index (χ1n) is 8.83. The van der Waals surface area contributed by atoms with E-state index in [4.69, 9.17) is 23.7 Å². The molecular weight excluding hydrogens is 364 g/mol. The average molecular weight is 388 g/mol. The molecule has 2 aromatic rings. The third-order valence-corrected chi connectivity index (χ3v) is 4.24. The number of hydrogen-bond acceptors (Lipinski definition) is 7. The molecule has 0 radical (unpaired) electrons. The zero-order valence-electron chi connectivity index (χ0n) is 16.2. The molecule has 8 nitrogen and oxygen atoms in total. The van der Waals surface area contributed by atoms with E-state index in [1.165, 1.54) is 21.3 Å². The summed E-state index contributed by atoms with van der Waals surface area (Å²) in [5.74, 6) is 2.84. The van der Waals surface area contributed by atoms with Crippen LogP contribution >= 0.6 is 0 Å². The molecule has 0 saturated heterocycles. The molecule has 3 rings (SSSR count). The van der Waals surface area contributed by atoms with Gasteiger partial charge in [0.15, 0.2) is 23.0 Å². The van der Waals surface area contributed by atoms with Crippen molar-refractivity contribution in [3.05, 3.63) is 35.9 Å². The second-order valence-electron chi connectivity index (χ2n) is 6.08. The molecule has 2 aromatic carbocycles. The summed E-state index contributed by atoms with van der Waals surface area (Å²) in [6.45, 7) is 1.42. The Bertz CT molecular complexity index is 814. The maximum atomic E-state index is 12.2. The molecule has 1 heterocycles. The molecule has 0 atom stereocenters. The molecular formula is C20H24N2O6. The number of anilines is 1. The summed E-state index contributed by atoms with van der Waals surface area (Å²) in [7, 11) is 4.59. The van der Waals surface area contributed by atoms with E-state index in [1.54, 1.807) is 12.1 Å². The van der Waals surface area contributed by atoms with E-state index in [2.05, 4.69) is 10.6 Å². The molecule has 0 bridgehead atoms. The molecule has 0 spiro atoms. The second-order valence-corrected chi connectivity index (χ2v) is 6.08. The standard InChI is InChI=1S/C20H24N2O6/c1-24-17-9-14(10-18(25-2)20(17)26-3)22-19(23)6-7-21-11-13-4-5-15-16(8-13)28-12-27-15/h4-5,8-10,21H,6-7,11-12H2,1-3H3,(H,22,23). The highest BCUT2D eigenvalue weighted by Gasteiger charge is 2.15. The Labute approximate surface area is 163 Å². The molecule has 28 heavy (non-hydrogen) atoms. The van der Waals surface area contributed by atoms with Crippen molar-refractivity contribution in [1.29, 1.82) is 0 Å². The first kappa shape index (κ1) is 19.6. The highest BCUT2D eigenvalue weighted by atomic mass is 16.7. The van der Waals surface area contributed by atoms with E-state index in [0.717, 1.165) is 17.1 Å². The number of ether oxygens (including phenoxy) is 5. The van der Waals surface area contributed by atoms with Gasteiger partial charge in [0, 0.05) is 37.3 Å². The number of amides is 1. The SMILES string of the molecule is COc1cc(NC(=O)CCNCc2ccc3c(c2)OCO3)cc(OC)c1OC. The van der Waals surface area contributed by atoms with Gasteiger partial charge in [-0.05, 0) is 17.7 Å². The average Bonchev–Trinajstić information content (AvgIpc) is 3.18. The summed E-state index contributed by atoms with van der Waals surface area (Å²) in [6.07, 6.45) is 0.321. The Hall–Kier alpha value is -3.13. The van der Waals surface area contributed by atoms with Crippen LogP contribution in [0, 0.1) is 0 Å². The van der Waals surface area contributed by atoms with Crippen molar-refractivity contribution in [2.24, 2.45) is 0 Å². The van der Waals surface area contributed by atoms with Crippen LogP contribution < -0.4 is 34.3 Å². The molecule has 8 heteroatoms. The first-order valence-corrected chi connectivity index (χ1v) is 8.83. The third kappa shape index (κ3) is 4.58. The number of hydrogen-bond donors (Lipinski definition) is 2. The highest BCUT2D eigenvalue weighted by Crippen LogP contribution is 2.40. The number of rotatable bonds is 9. The molecule has 1 aliphatic rings. The Kier molecular flexibility index (Phi) is 6.44. The van der Waals surface area contributed by atoms with E-state index in [1.807, 2.05) is 18.2 Å². The normalized spacial score (nSPS) is 11.8. The highest BCUT2D eigenvalue weighted by molar-refractivity contribution is 5.91. The largest absolute Gasteiger partial charge is 0.493 e. The number of carbonyl (C=O) groups is 1. The Morgan fingerprint density at radius 1 is 1.00 bits per heavy atom. The van der Waals surface area contributed by atoms with Crippen LogP contribution in [0.5, 0.6) is 28.7 Å². The van der Waals surface area contributed by atoms with Crippen molar-refractivity contribution >= 4 is 11.6 Å². The maximum Gasteiger partial charge on any atom is 0.231 e. The van der Waals surface area contributed by atoms with Crippen molar-refractivity contribution in [3.63, 3.8) is 0 Å². The summed E-state index contributed by atoms with van der Waals surface area (Å²) in [5, 5.41) is 6.09. The van der Waals surface area contributed by atoms with Crippen LogP contribution in [0.4, 0.5) is 5.69 Å². The zero-order valence-corrected chi connectivity index (χ0v) is 16.2. The molecule has 1 aliphatic heterocycles. The molecule has 2 N–H and O–H groups in total. The van der Waals surface area contributed by atoms with Crippen LogP contribution in [0.25, 0.3) is 0 Å². The maximum absolute atomic E-state index is 12.2. The zero-order chi connectivity index (χ0) is 19.9. The van der Waals surface area contributed by atoms with Gasteiger partial charge in [0.2, 0.25) is 18.4 Å². The Morgan fingerprint density at radius 2 is 1.71 bits per heavy atom. The van der Waals surface area contributed by atoms with Gasteiger partial charge in [-0.3, -0.25) is 4.79 Å². The molecule has 0 saturated carbocycles. The molecule has 0 unspecified atom stereocenters. The topological polar surface area (TPSA) is 87.3 Å². The summed E-state index contributed by atoms with van der Waals surface area (Å²) >= 11 is 0. The van der Waals surface area contributed by atoms with Crippen molar-refractivity contribution in [2.75, 3.05) is 40.0 Å². The molecule has 0 aliphatic carbocycles. The lowest BCUT2D eigenvalue weighted by Crippen LogP contribution is -2.21. The minimum atomic E-state index is -0.118. The van der Waals surface area contributed by atoms with Crippen molar-refractivity contribution < 1.29 is 28.5 Å². The van der Waals surface area contributed by atoms with Gasteiger partial charge in [0.1, 0.15) is 0 Å². The molecule has 0 aromatic heterocycles. The predicted molar refractivity (Wildman–Crippen MR) is 104 cm³/mol. The lowest BCUT2D eigenvalue weighted by molar-refractivity contribution is -0.116. The third-order valence-electron chi connectivity index (χ3n) is 4.24. The monoisotopic (exact) mass is 388 g/mol. The van der Waals surface area contributed by atoms with E-state index in [-0.39, 0.29) is 12.7 Å². The summed E-state index contributed by atoms with van der Waals surface area (Å²) in [6, 6.07) is 9.18. The van der Waals surface area contributed by atoms with E-state index in [0.29, 0.717) is 42.4 Å². The Morgan fingerprint density at radius 3 is 2.39 bits per heavy atom. The van der Waals surface area contributed by atoms with E-state index >= 15 is 0 Å². The van der Waals surface area contributed by atoms with Crippen molar-refractivity contribution in [3.8, 4) is 28.7 Å². The number of carbonyl (C=O) groups excluding carboxylic acids is 1. The van der Waals surface area contributed by atoms with Gasteiger partial charge >= 0.3 is 0 Å². The van der Waals surface area contributed by atoms with Gasteiger partial charge in [-0.1, -0.05) is 6.07 Å². The molecule has 150 valence electrons. The summed E-state index contributed by atoms with van der Waals surface area (Å²) < 4.78 is 26.5. The lowest BCUT2D eigenvalue weighted by Gasteiger charge is -2.14. The quantitative estimate of drug-likeness (QED) is 0.639. The van der Waals surface area contributed by atoms with Gasteiger partial charge in [0.05, 0.1) is 21.3 Å². The van der Waals surface area contributed by atoms with E-state index < -0.39 is 0 Å². The minimum Gasteiger partial charge on any atom is -0.493 e. The Balaban J connectivity index is 1.49. The van der Waals surface area contributed by atoms with E-state index in [9.17, 15) is 4.79 Å². The number of benzene rings is 2. The number of methoxy groups -OCH3 is 3. The van der Waals surface area contributed by atoms with Crippen LogP contribution in [0.2, 0.25) is 0 Å². The molecule has 1 amide bonds. The van der Waals surface area contributed by atoms with Gasteiger partial charge < -0.3 is 34.3 Å². The van der Waals surface area contributed by atoms with Crippen molar-refractivity contribution in [2.45, 2.75) is 13.0 Å². The number of nitrogens with one attached hydrogen (secondary N) is 2. The summed E-state index contributed by atoms with van der Waals surface area (Å²) in [5.41, 5.74) is 1.64. The van der Waals surface area contributed by atoms with Gasteiger partial charge in [-0.15, -0.1) is 0 Å². The van der Waals surface area contributed by atoms with Gasteiger partial charge in [0.25, 0.3) is 0 Å². The van der Waals surface area contributed by atoms with Crippen LogP contribution in [-0.4, -0.2) is 40.6 Å². The molecule has 0 fully saturated rings. The van der Waals surface area contributed by atoms with Crippen LogP contribution in [-0.2, 0) is 11.3 Å². The minimum absolute atomic E-state index is 0.118. The fourth-order valence-electron chi connectivity index (χ4n) is 2.86.